The van der Waals surface area contributed by atoms with Crippen molar-refractivity contribution in [2.75, 3.05) is 23.4 Å². The Morgan fingerprint density at radius 1 is 1.12 bits per heavy atom. The number of hydrogen-bond acceptors (Lipinski definition) is 8. The molecule has 0 unspecified atom stereocenters. The number of nitrogens with zero attached hydrogens (tertiary/aromatic N) is 3. The van der Waals surface area contributed by atoms with E-state index in [9.17, 15) is 34.6 Å². The van der Waals surface area contributed by atoms with Gasteiger partial charge in [0, 0.05) is 48.1 Å². The number of nitro groups is 2. The molecule has 1 fully saturated rings. The molecule has 3 rings (SSSR count). The van der Waals surface area contributed by atoms with E-state index >= 15 is 0 Å². The van der Waals surface area contributed by atoms with E-state index in [1.807, 2.05) is 0 Å². The molecule has 1 saturated heterocycles. The van der Waals surface area contributed by atoms with E-state index in [1.54, 1.807) is 6.92 Å². The lowest BCUT2D eigenvalue weighted by atomic mass is 10.1. The van der Waals surface area contributed by atoms with Gasteiger partial charge in [-0.2, -0.15) is 0 Å². The number of esters is 1. The van der Waals surface area contributed by atoms with Crippen molar-refractivity contribution in [1.29, 1.82) is 0 Å². The Hall–Kier alpha value is -4.35. The molecular formula is C20H18N4O8. The van der Waals surface area contributed by atoms with Crippen molar-refractivity contribution in [2.24, 2.45) is 5.92 Å². The third kappa shape index (κ3) is 5.03. The molecule has 12 nitrogen and oxygen atoms in total. The van der Waals surface area contributed by atoms with Gasteiger partial charge in [-0.05, 0) is 25.1 Å². The maximum absolute atomic E-state index is 12.3. The first-order valence-corrected chi connectivity index (χ1v) is 9.42. The lowest BCUT2D eigenvalue weighted by molar-refractivity contribution is -0.385. The van der Waals surface area contributed by atoms with E-state index in [1.165, 1.54) is 47.4 Å². The molecule has 0 radical (unpaired) electrons. The average Bonchev–Trinajstić information content (AvgIpc) is 3.15. The number of carbonyl (C=O) groups excluding carboxylic acids is 3. The molecule has 2 aromatic rings. The number of non-ortho nitro benzene ring substituents is 1. The van der Waals surface area contributed by atoms with Crippen molar-refractivity contribution < 1.29 is 29.0 Å². The summed E-state index contributed by atoms with van der Waals surface area (Å²) in [5.41, 5.74) is 0.748. The van der Waals surface area contributed by atoms with E-state index < -0.39 is 34.2 Å². The fourth-order valence-corrected chi connectivity index (χ4v) is 3.20. The zero-order valence-corrected chi connectivity index (χ0v) is 16.8. The van der Waals surface area contributed by atoms with Crippen LogP contribution in [0.15, 0.2) is 42.5 Å². The number of anilines is 2. The first kappa shape index (κ1) is 22.3. The number of amides is 2. The summed E-state index contributed by atoms with van der Waals surface area (Å²) in [6.45, 7) is 0.957. The summed E-state index contributed by atoms with van der Waals surface area (Å²) in [7, 11) is 0. The SMILES string of the molecule is Cc1ccc(NC(=O)COC(=O)[C@H]2CC(=O)N(c3ccc([N+](=O)[O-])cc3)C2)cc1[N+](=O)[O-]. The highest BCUT2D eigenvalue weighted by molar-refractivity contribution is 6.00. The summed E-state index contributed by atoms with van der Waals surface area (Å²) < 4.78 is 4.99. The lowest BCUT2D eigenvalue weighted by Crippen LogP contribution is -2.28. The van der Waals surface area contributed by atoms with Crippen LogP contribution < -0.4 is 10.2 Å². The number of hydrogen-bond donors (Lipinski definition) is 1. The zero-order valence-electron chi connectivity index (χ0n) is 16.8. The van der Waals surface area contributed by atoms with Gasteiger partial charge in [0.25, 0.3) is 17.3 Å². The van der Waals surface area contributed by atoms with Crippen LogP contribution in [-0.4, -0.2) is 40.8 Å². The Morgan fingerprint density at radius 2 is 1.81 bits per heavy atom. The Labute approximate surface area is 181 Å². The number of ether oxygens (including phenoxy) is 1. The van der Waals surface area contributed by atoms with Crippen LogP contribution in [0.3, 0.4) is 0 Å². The van der Waals surface area contributed by atoms with Crippen LogP contribution in [0.5, 0.6) is 0 Å². The van der Waals surface area contributed by atoms with Crippen molar-refractivity contribution in [1.82, 2.24) is 0 Å². The van der Waals surface area contributed by atoms with Crippen LogP contribution in [0.2, 0.25) is 0 Å². The second-order valence-electron chi connectivity index (χ2n) is 7.09. The number of rotatable bonds is 7. The van der Waals surface area contributed by atoms with Crippen molar-refractivity contribution in [3.05, 3.63) is 68.3 Å². The normalized spacial score (nSPS) is 15.3. The van der Waals surface area contributed by atoms with Crippen molar-refractivity contribution in [3.8, 4) is 0 Å². The molecule has 0 spiro atoms. The molecule has 2 amide bonds. The van der Waals surface area contributed by atoms with Gasteiger partial charge >= 0.3 is 5.97 Å². The fraction of sp³-hybridized carbons (Fsp3) is 0.250. The van der Waals surface area contributed by atoms with Gasteiger partial charge in [0.05, 0.1) is 15.8 Å². The number of carbonyl (C=O) groups is 3. The zero-order chi connectivity index (χ0) is 23.4. The summed E-state index contributed by atoms with van der Waals surface area (Å²) in [5.74, 6) is -2.58. The molecule has 1 aliphatic rings. The van der Waals surface area contributed by atoms with Gasteiger partial charge in [0.2, 0.25) is 5.91 Å². The lowest BCUT2D eigenvalue weighted by Gasteiger charge is -2.16. The molecule has 166 valence electrons. The number of nitrogens with one attached hydrogen (secondary N) is 1. The monoisotopic (exact) mass is 442 g/mol. The third-order valence-corrected chi connectivity index (χ3v) is 4.87. The van der Waals surface area contributed by atoms with Crippen LogP contribution >= 0.6 is 0 Å². The Bertz CT molecular complexity index is 1100. The second kappa shape index (κ2) is 9.20. The molecule has 12 heteroatoms. The predicted octanol–water partition coefficient (Wildman–Crippen LogP) is 2.35. The smallest absolute Gasteiger partial charge is 0.311 e. The van der Waals surface area contributed by atoms with Crippen LogP contribution in [0.1, 0.15) is 12.0 Å². The third-order valence-electron chi connectivity index (χ3n) is 4.87. The highest BCUT2D eigenvalue weighted by Gasteiger charge is 2.36. The van der Waals surface area contributed by atoms with Gasteiger partial charge in [-0.3, -0.25) is 34.6 Å². The molecule has 0 saturated carbocycles. The molecule has 2 aromatic carbocycles. The van der Waals surface area contributed by atoms with Gasteiger partial charge in [0.15, 0.2) is 6.61 Å². The number of aryl methyl sites for hydroxylation is 1. The van der Waals surface area contributed by atoms with E-state index in [0.717, 1.165) is 0 Å². The highest BCUT2D eigenvalue weighted by Crippen LogP contribution is 2.27. The van der Waals surface area contributed by atoms with Gasteiger partial charge in [-0.15, -0.1) is 0 Å². The van der Waals surface area contributed by atoms with Gasteiger partial charge < -0.3 is 15.0 Å². The van der Waals surface area contributed by atoms with E-state index in [0.29, 0.717) is 11.3 Å². The van der Waals surface area contributed by atoms with Crippen LogP contribution in [0.4, 0.5) is 22.7 Å². The largest absolute Gasteiger partial charge is 0.455 e. The van der Waals surface area contributed by atoms with Crippen molar-refractivity contribution in [3.63, 3.8) is 0 Å². The minimum Gasteiger partial charge on any atom is -0.455 e. The number of nitro benzene ring substituents is 2. The van der Waals surface area contributed by atoms with E-state index in [2.05, 4.69) is 5.32 Å². The van der Waals surface area contributed by atoms with Crippen LogP contribution in [-0.2, 0) is 19.1 Å². The first-order valence-electron chi connectivity index (χ1n) is 9.42. The second-order valence-corrected chi connectivity index (χ2v) is 7.09. The molecule has 0 aliphatic carbocycles. The minimum absolute atomic E-state index is 0.0151. The van der Waals surface area contributed by atoms with Gasteiger partial charge in [-0.25, -0.2) is 0 Å². The molecular weight excluding hydrogens is 424 g/mol. The summed E-state index contributed by atoms with van der Waals surface area (Å²) in [4.78, 5) is 58.5. The van der Waals surface area contributed by atoms with E-state index in [4.69, 9.17) is 4.74 Å². The molecule has 1 heterocycles. The average molecular weight is 442 g/mol. The number of benzene rings is 2. The molecule has 32 heavy (non-hydrogen) atoms. The fourth-order valence-electron chi connectivity index (χ4n) is 3.20. The Balaban J connectivity index is 1.54. The van der Waals surface area contributed by atoms with Crippen LogP contribution in [0, 0.1) is 33.1 Å². The quantitative estimate of drug-likeness (QED) is 0.388. The summed E-state index contributed by atoms with van der Waals surface area (Å²) in [5, 5.41) is 24.1. The van der Waals surface area contributed by atoms with Crippen molar-refractivity contribution >= 4 is 40.5 Å². The van der Waals surface area contributed by atoms with E-state index in [-0.39, 0.29) is 35.9 Å². The maximum atomic E-state index is 12.3. The Kier molecular flexibility index (Phi) is 6.42. The molecule has 0 bridgehead atoms. The first-order chi connectivity index (χ1) is 15.2. The highest BCUT2D eigenvalue weighted by atomic mass is 16.6. The minimum atomic E-state index is -0.800. The van der Waals surface area contributed by atoms with Gasteiger partial charge in [0.1, 0.15) is 0 Å². The molecule has 1 aliphatic heterocycles. The standard InChI is InChI=1S/C20H18N4O8/c1-12-2-3-14(9-17(12)24(30)31)21-18(25)11-32-20(27)13-8-19(26)22(10-13)15-4-6-16(7-5-15)23(28)29/h2-7,9,13H,8,10-11H2,1H3,(H,21,25)/t13-/m0/s1. The maximum Gasteiger partial charge on any atom is 0.311 e. The van der Waals surface area contributed by atoms with Gasteiger partial charge in [-0.1, -0.05) is 6.07 Å². The van der Waals surface area contributed by atoms with Crippen LogP contribution in [0.25, 0.3) is 0 Å². The molecule has 0 aromatic heterocycles. The molecule has 1 atom stereocenters. The summed E-state index contributed by atoms with van der Waals surface area (Å²) in [6.07, 6.45) is -0.123. The summed E-state index contributed by atoms with van der Waals surface area (Å²) >= 11 is 0. The topological polar surface area (TPSA) is 162 Å². The molecule has 1 N–H and O–H groups in total. The summed E-state index contributed by atoms with van der Waals surface area (Å²) in [6, 6.07) is 9.52. The Morgan fingerprint density at radius 3 is 2.44 bits per heavy atom. The predicted molar refractivity (Wildman–Crippen MR) is 111 cm³/mol. The van der Waals surface area contributed by atoms with Crippen molar-refractivity contribution in [2.45, 2.75) is 13.3 Å².